The van der Waals surface area contributed by atoms with Gasteiger partial charge in [-0.15, -0.1) is 0 Å². The van der Waals surface area contributed by atoms with Crippen molar-refractivity contribution >= 4 is 23.4 Å². The van der Waals surface area contributed by atoms with Crippen molar-refractivity contribution in [2.24, 2.45) is 7.05 Å². The minimum absolute atomic E-state index is 0.0360. The van der Waals surface area contributed by atoms with Crippen LogP contribution >= 0.6 is 11.8 Å². The van der Waals surface area contributed by atoms with E-state index in [1.165, 1.54) is 17.3 Å². The molecule has 0 radical (unpaired) electrons. The second-order valence-electron chi connectivity index (χ2n) is 5.55. The van der Waals surface area contributed by atoms with Crippen molar-refractivity contribution in [1.29, 1.82) is 0 Å². The van der Waals surface area contributed by atoms with Crippen LogP contribution in [0.3, 0.4) is 0 Å². The molecule has 5 heteroatoms. The molecule has 1 heterocycles. The van der Waals surface area contributed by atoms with E-state index in [9.17, 15) is 4.79 Å². The molecule has 0 spiro atoms. The van der Waals surface area contributed by atoms with Gasteiger partial charge >= 0.3 is 0 Å². The van der Waals surface area contributed by atoms with E-state index < -0.39 is 0 Å². The smallest absolute Gasteiger partial charge is 0.234 e. The number of hydrogen-bond acceptors (Lipinski definition) is 3. The van der Waals surface area contributed by atoms with Gasteiger partial charge < -0.3 is 9.88 Å². The molecule has 4 nitrogen and oxygen atoms in total. The average Bonchev–Trinajstić information content (AvgIpc) is 2.95. The number of anilines is 1. The summed E-state index contributed by atoms with van der Waals surface area (Å²) in [6, 6.07) is 17.8. The van der Waals surface area contributed by atoms with Crippen LogP contribution in [0.25, 0.3) is 11.3 Å². The van der Waals surface area contributed by atoms with Crippen molar-refractivity contribution in [3.8, 4) is 11.3 Å². The first-order valence-corrected chi connectivity index (χ1v) is 8.68. The van der Waals surface area contributed by atoms with Gasteiger partial charge in [0.1, 0.15) is 0 Å². The number of carbonyl (C=O) groups is 1. The molecule has 1 amide bonds. The number of nitrogens with zero attached hydrogens (tertiary/aromatic N) is 2. The van der Waals surface area contributed by atoms with Crippen LogP contribution in [0.4, 0.5) is 5.69 Å². The Hall–Kier alpha value is -2.53. The van der Waals surface area contributed by atoms with Crippen LogP contribution in [-0.2, 0) is 11.8 Å². The van der Waals surface area contributed by atoms with Crippen LogP contribution in [0, 0.1) is 6.92 Å². The number of rotatable bonds is 5. The van der Waals surface area contributed by atoms with Gasteiger partial charge in [0.15, 0.2) is 5.16 Å². The highest BCUT2D eigenvalue weighted by molar-refractivity contribution is 7.99. The number of nitrogens with one attached hydrogen (secondary N) is 1. The monoisotopic (exact) mass is 337 g/mol. The molecule has 0 aliphatic carbocycles. The standard InChI is InChI=1S/C19H19N3OS/c1-14-8-10-15(11-9-14)17-12-20-19(22(17)2)24-13-18(23)21-16-6-4-3-5-7-16/h3-12H,13H2,1-2H3,(H,21,23). The molecule has 122 valence electrons. The van der Waals surface area contributed by atoms with Gasteiger partial charge in [-0.3, -0.25) is 4.79 Å². The van der Waals surface area contributed by atoms with E-state index in [0.29, 0.717) is 5.75 Å². The number of carbonyl (C=O) groups excluding carboxylic acids is 1. The summed E-state index contributed by atoms with van der Waals surface area (Å²) in [6.07, 6.45) is 1.85. The van der Waals surface area contributed by atoms with Gasteiger partial charge in [0.25, 0.3) is 0 Å². The van der Waals surface area contributed by atoms with E-state index >= 15 is 0 Å². The zero-order valence-electron chi connectivity index (χ0n) is 13.7. The molecule has 3 rings (SSSR count). The molecule has 1 aromatic heterocycles. The fraction of sp³-hybridized carbons (Fsp3) is 0.158. The van der Waals surface area contributed by atoms with Gasteiger partial charge in [0, 0.05) is 12.7 Å². The van der Waals surface area contributed by atoms with E-state index in [1.54, 1.807) is 0 Å². The van der Waals surface area contributed by atoms with E-state index in [4.69, 9.17) is 0 Å². The van der Waals surface area contributed by atoms with Crippen molar-refractivity contribution in [3.05, 3.63) is 66.4 Å². The number of aromatic nitrogens is 2. The maximum Gasteiger partial charge on any atom is 0.234 e. The SMILES string of the molecule is Cc1ccc(-c2cnc(SCC(=O)Nc3ccccc3)n2C)cc1. The second-order valence-corrected chi connectivity index (χ2v) is 6.50. The molecular formula is C19H19N3OS. The summed E-state index contributed by atoms with van der Waals surface area (Å²) in [5, 5.41) is 3.71. The first-order chi connectivity index (χ1) is 11.6. The van der Waals surface area contributed by atoms with Gasteiger partial charge in [-0.1, -0.05) is 59.8 Å². The molecule has 0 bridgehead atoms. The average molecular weight is 337 g/mol. The Balaban J connectivity index is 1.64. The van der Waals surface area contributed by atoms with Crippen LogP contribution in [0.2, 0.25) is 0 Å². The Kier molecular flexibility index (Phi) is 5.01. The van der Waals surface area contributed by atoms with Crippen molar-refractivity contribution < 1.29 is 4.79 Å². The van der Waals surface area contributed by atoms with Crippen LogP contribution < -0.4 is 5.32 Å². The van der Waals surface area contributed by atoms with Gasteiger partial charge in [0.2, 0.25) is 5.91 Å². The Morgan fingerprint density at radius 3 is 2.54 bits per heavy atom. The minimum Gasteiger partial charge on any atom is -0.325 e. The fourth-order valence-corrected chi connectivity index (χ4v) is 3.12. The zero-order chi connectivity index (χ0) is 16.9. The molecule has 1 N–H and O–H groups in total. The summed E-state index contributed by atoms with van der Waals surface area (Å²) < 4.78 is 2.02. The van der Waals surface area contributed by atoms with Crippen LogP contribution in [0.1, 0.15) is 5.56 Å². The van der Waals surface area contributed by atoms with Crippen LogP contribution in [-0.4, -0.2) is 21.2 Å². The Morgan fingerprint density at radius 2 is 1.83 bits per heavy atom. The molecular weight excluding hydrogens is 318 g/mol. The summed E-state index contributed by atoms with van der Waals surface area (Å²) in [4.78, 5) is 16.5. The Labute approximate surface area is 145 Å². The van der Waals surface area contributed by atoms with Gasteiger partial charge in [0.05, 0.1) is 17.6 Å². The number of amides is 1. The van der Waals surface area contributed by atoms with Crippen molar-refractivity contribution in [3.63, 3.8) is 0 Å². The zero-order valence-corrected chi connectivity index (χ0v) is 14.5. The first kappa shape index (κ1) is 16.3. The second kappa shape index (κ2) is 7.36. The summed E-state index contributed by atoms with van der Waals surface area (Å²) in [7, 11) is 1.97. The summed E-state index contributed by atoms with van der Waals surface area (Å²) in [5.74, 6) is 0.290. The molecule has 0 saturated carbocycles. The molecule has 0 aliphatic heterocycles. The fourth-order valence-electron chi connectivity index (χ4n) is 2.37. The largest absolute Gasteiger partial charge is 0.325 e. The lowest BCUT2D eigenvalue weighted by atomic mass is 10.1. The lowest BCUT2D eigenvalue weighted by Crippen LogP contribution is -2.14. The van der Waals surface area contributed by atoms with E-state index in [2.05, 4.69) is 41.5 Å². The summed E-state index contributed by atoms with van der Waals surface area (Å²) >= 11 is 1.43. The van der Waals surface area contributed by atoms with Crippen molar-refractivity contribution in [1.82, 2.24) is 9.55 Å². The third-order valence-corrected chi connectivity index (χ3v) is 4.73. The molecule has 2 aromatic carbocycles. The topological polar surface area (TPSA) is 46.9 Å². The van der Waals surface area contributed by atoms with Crippen LogP contribution in [0.15, 0.2) is 66.0 Å². The van der Waals surface area contributed by atoms with Crippen molar-refractivity contribution in [2.45, 2.75) is 12.1 Å². The van der Waals surface area contributed by atoms with Gasteiger partial charge in [-0.2, -0.15) is 0 Å². The molecule has 3 aromatic rings. The summed E-state index contributed by atoms with van der Waals surface area (Å²) in [5.41, 5.74) is 4.20. The lowest BCUT2D eigenvalue weighted by Gasteiger charge is -2.07. The lowest BCUT2D eigenvalue weighted by molar-refractivity contribution is -0.113. The van der Waals surface area contributed by atoms with Gasteiger partial charge in [-0.05, 0) is 24.6 Å². The quantitative estimate of drug-likeness (QED) is 0.712. The summed E-state index contributed by atoms with van der Waals surface area (Å²) in [6.45, 7) is 2.07. The molecule has 0 fully saturated rings. The highest BCUT2D eigenvalue weighted by atomic mass is 32.2. The normalized spacial score (nSPS) is 10.6. The third kappa shape index (κ3) is 3.86. The van der Waals surface area contributed by atoms with Crippen molar-refractivity contribution in [2.75, 3.05) is 11.1 Å². The highest BCUT2D eigenvalue weighted by Crippen LogP contribution is 2.25. The molecule has 0 unspecified atom stereocenters. The van der Waals surface area contributed by atoms with E-state index in [-0.39, 0.29) is 5.91 Å². The van der Waals surface area contributed by atoms with E-state index in [0.717, 1.165) is 22.1 Å². The first-order valence-electron chi connectivity index (χ1n) is 7.70. The maximum absolute atomic E-state index is 12.0. The number of para-hydroxylation sites is 1. The number of hydrogen-bond donors (Lipinski definition) is 1. The van der Waals surface area contributed by atoms with Gasteiger partial charge in [-0.25, -0.2) is 4.98 Å². The molecule has 24 heavy (non-hydrogen) atoms. The number of imidazole rings is 1. The Bertz CT molecular complexity index is 826. The predicted octanol–water partition coefficient (Wildman–Crippen LogP) is 4.13. The molecule has 0 atom stereocenters. The number of benzene rings is 2. The molecule has 0 aliphatic rings. The minimum atomic E-state index is -0.0360. The number of thioether (sulfide) groups is 1. The molecule has 0 saturated heterocycles. The van der Waals surface area contributed by atoms with E-state index in [1.807, 2.05) is 48.1 Å². The maximum atomic E-state index is 12.0. The third-order valence-electron chi connectivity index (χ3n) is 3.68. The predicted molar refractivity (Wildman–Crippen MR) is 99.2 cm³/mol. The Morgan fingerprint density at radius 1 is 1.12 bits per heavy atom. The number of aryl methyl sites for hydroxylation is 1. The highest BCUT2D eigenvalue weighted by Gasteiger charge is 2.11. The van der Waals surface area contributed by atoms with Crippen LogP contribution in [0.5, 0.6) is 0 Å².